The van der Waals surface area contributed by atoms with E-state index >= 15 is 0 Å². The summed E-state index contributed by atoms with van der Waals surface area (Å²) in [6, 6.07) is 11.8. The van der Waals surface area contributed by atoms with Crippen LogP contribution in [-0.2, 0) is 9.59 Å². The molecular formula is C32H35ClN4O5S. The van der Waals surface area contributed by atoms with E-state index in [0.717, 1.165) is 22.4 Å². The van der Waals surface area contributed by atoms with Gasteiger partial charge in [-0.15, -0.1) is 11.3 Å². The number of hydrogen-bond acceptors (Lipinski definition) is 9. The van der Waals surface area contributed by atoms with Crippen molar-refractivity contribution in [3.05, 3.63) is 59.1 Å². The minimum absolute atomic E-state index is 0.0998. The minimum atomic E-state index is -0.642. The number of anilines is 1. The Labute approximate surface area is 260 Å². The summed E-state index contributed by atoms with van der Waals surface area (Å²) >= 11 is 7.71. The molecule has 0 unspecified atom stereocenters. The molecule has 3 atom stereocenters. The summed E-state index contributed by atoms with van der Waals surface area (Å²) in [5, 5.41) is 7.97. The van der Waals surface area contributed by atoms with Crippen molar-refractivity contribution in [1.82, 2.24) is 14.9 Å². The second kappa shape index (κ2) is 12.4. The first kappa shape index (κ1) is 30.6. The normalized spacial score (nSPS) is 17.5. The number of thiazole rings is 1. The molecule has 1 amide bonds. The number of carbonyl (C=O) groups excluding carboxylic acids is 2. The molecule has 9 nitrogen and oxygen atoms in total. The van der Waals surface area contributed by atoms with Crippen molar-refractivity contribution in [2.75, 3.05) is 26.1 Å². The lowest BCUT2D eigenvalue weighted by Gasteiger charge is -2.35. The van der Waals surface area contributed by atoms with Crippen molar-refractivity contribution in [2.24, 2.45) is 5.41 Å². The average Bonchev–Trinajstić information content (AvgIpc) is 3.63. The second-order valence-corrected chi connectivity index (χ2v) is 12.9. The van der Waals surface area contributed by atoms with Gasteiger partial charge in [-0.3, -0.25) is 9.59 Å². The number of ether oxygens (including phenoxy) is 3. The fourth-order valence-electron chi connectivity index (χ4n) is 5.28. The second-order valence-electron chi connectivity index (χ2n) is 11.6. The highest BCUT2D eigenvalue weighted by Crippen LogP contribution is 2.36. The Hall–Kier alpha value is -3.89. The molecule has 5 rings (SSSR count). The number of nitrogens with one attached hydrogen (secondary N) is 1. The maximum atomic E-state index is 14.2. The average molecular weight is 623 g/mol. The Morgan fingerprint density at radius 1 is 1.12 bits per heavy atom. The number of fused-ring (bicyclic) bond motifs is 1. The maximum absolute atomic E-state index is 14.2. The monoisotopic (exact) mass is 622 g/mol. The van der Waals surface area contributed by atoms with Crippen LogP contribution in [-0.4, -0.2) is 65.5 Å². The van der Waals surface area contributed by atoms with Crippen molar-refractivity contribution >= 4 is 50.5 Å². The Kier molecular flexibility index (Phi) is 8.80. The molecule has 226 valence electrons. The Bertz CT molecular complexity index is 1650. The maximum Gasteiger partial charge on any atom is 0.246 e. The van der Waals surface area contributed by atoms with Crippen LogP contribution in [0.4, 0.5) is 5.13 Å². The standard InChI is InChI=1S/C32H35ClN4O5S/c1-18(38)26-14-22(42-29-24-13-20(33)10-11-23(24)27(41-6)15-34-29)16-37(26)30(39)28(32(2,3)4)36-31-35-25(17-43-31)19-8-7-9-21(12-19)40-5/h7-13,15,17,22,26,28H,14,16H2,1-6H3,(H,35,36)/t22-,26+,28-/m1/s1. The molecule has 0 spiro atoms. The van der Waals surface area contributed by atoms with Crippen molar-refractivity contribution in [2.45, 2.75) is 52.3 Å². The largest absolute Gasteiger partial charge is 0.497 e. The van der Waals surface area contributed by atoms with E-state index < -0.39 is 23.6 Å². The van der Waals surface area contributed by atoms with Gasteiger partial charge in [-0.1, -0.05) is 44.5 Å². The van der Waals surface area contributed by atoms with Crippen LogP contribution in [0, 0.1) is 5.41 Å². The topological polar surface area (TPSA) is 103 Å². The predicted octanol–water partition coefficient (Wildman–Crippen LogP) is 6.49. The van der Waals surface area contributed by atoms with Crippen LogP contribution in [0.3, 0.4) is 0 Å². The van der Waals surface area contributed by atoms with Crippen LogP contribution in [0.25, 0.3) is 22.0 Å². The van der Waals surface area contributed by atoms with Gasteiger partial charge in [0.1, 0.15) is 23.6 Å². The Balaban J connectivity index is 1.38. The first-order valence-electron chi connectivity index (χ1n) is 13.9. The van der Waals surface area contributed by atoms with Gasteiger partial charge < -0.3 is 24.4 Å². The van der Waals surface area contributed by atoms with Crippen LogP contribution >= 0.6 is 22.9 Å². The van der Waals surface area contributed by atoms with Crippen molar-refractivity contribution < 1.29 is 23.8 Å². The van der Waals surface area contributed by atoms with Crippen molar-refractivity contribution in [1.29, 1.82) is 0 Å². The lowest BCUT2D eigenvalue weighted by molar-refractivity contribution is -0.139. The molecule has 4 aromatic rings. The number of nitrogens with zero attached hydrogens (tertiary/aromatic N) is 3. The number of likely N-dealkylation sites (tertiary alicyclic amines) is 1. The highest BCUT2D eigenvalue weighted by Gasteiger charge is 2.44. The zero-order valence-electron chi connectivity index (χ0n) is 25.0. The number of aromatic nitrogens is 2. The summed E-state index contributed by atoms with van der Waals surface area (Å²) < 4.78 is 17.2. The van der Waals surface area contributed by atoms with E-state index in [2.05, 4.69) is 10.3 Å². The number of halogens is 1. The summed E-state index contributed by atoms with van der Waals surface area (Å²) in [7, 11) is 3.20. The highest BCUT2D eigenvalue weighted by molar-refractivity contribution is 7.14. The molecule has 1 aliphatic heterocycles. The van der Waals surface area contributed by atoms with Crippen LogP contribution in [0.2, 0.25) is 5.02 Å². The highest BCUT2D eigenvalue weighted by atomic mass is 35.5. The fraction of sp³-hybridized carbons (Fsp3) is 0.375. The molecule has 1 N–H and O–H groups in total. The number of carbonyl (C=O) groups is 2. The van der Waals surface area contributed by atoms with Gasteiger partial charge in [0.05, 0.1) is 38.7 Å². The van der Waals surface area contributed by atoms with E-state index in [0.29, 0.717) is 33.6 Å². The molecule has 2 aromatic heterocycles. The molecule has 0 aliphatic carbocycles. The molecule has 11 heteroatoms. The van der Waals surface area contributed by atoms with Gasteiger partial charge in [0.25, 0.3) is 0 Å². The van der Waals surface area contributed by atoms with E-state index in [-0.39, 0.29) is 18.2 Å². The van der Waals surface area contributed by atoms with Gasteiger partial charge in [-0.2, -0.15) is 0 Å². The fourth-order valence-corrected chi connectivity index (χ4v) is 6.20. The van der Waals surface area contributed by atoms with Gasteiger partial charge >= 0.3 is 0 Å². The molecule has 0 bridgehead atoms. The third-order valence-corrected chi connectivity index (χ3v) is 8.55. The summed E-state index contributed by atoms with van der Waals surface area (Å²) in [5.41, 5.74) is 1.21. The van der Waals surface area contributed by atoms with E-state index in [1.165, 1.54) is 18.3 Å². The van der Waals surface area contributed by atoms with Gasteiger partial charge in [0, 0.05) is 33.2 Å². The lowest BCUT2D eigenvalue weighted by atomic mass is 9.85. The Morgan fingerprint density at radius 3 is 2.60 bits per heavy atom. The molecule has 1 saturated heterocycles. The summed E-state index contributed by atoms with van der Waals surface area (Å²) in [6.07, 6.45) is 1.51. The third kappa shape index (κ3) is 6.55. The number of amides is 1. The van der Waals surface area contributed by atoms with Crippen molar-refractivity contribution in [3.63, 3.8) is 0 Å². The number of pyridine rings is 1. The van der Waals surface area contributed by atoms with Gasteiger partial charge in [-0.25, -0.2) is 9.97 Å². The molecule has 1 aliphatic rings. The van der Waals surface area contributed by atoms with Crippen LogP contribution in [0.15, 0.2) is 54.0 Å². The van der Waals surface area contributed by atoms with Crippen LogP contribution in [0.1, 0.15) is 34.1 Å². The van der Waals surface area contributed by atoms with Gasteiger partial charge in [0.15, 0.2) is 10.9 Å². The van der Waals surface area contributed by atoms with Gasteiger partial charge in [-0.05, 0) is 42.7 Å². The smallest absolute Gasteiger partial charge is 0.246 e. The first-order valence-corrected chi connectivity index (χ1v) is 15.2. The van der Waals surface area contributed by atoms with E-state index in [4.69, 9.17) is 30.8 Å². The quantitative estimate of drug-likeness (QED) is 0.226. The SMILES string of the molecule is COc1cccc(-c2csc(N[C@H](C(=O)N3C[C@H](Oc4ncc(OC)c5ccc(Cl)cc45)C[C@H]3C(C)=O)C(C)(C)C)n2)c1. The number of hydrogen-bond donors (Lipinski definition) is 1. The third-order valence-electron chi connectivity index (χ3n) is 7.54. The molecular weight excluding hydrogens is 588 g/mol. The first-order chi connectivity index (χ1) is 20.5. The zero-order chi connectivity index (χ0) is 30.9. The molecule has 2 aromatic carbocycles. The number of benzene rings is 2. The lowest BCUT2D eigenvalue weighted by Crippen LogP contribution is -2.52. The van der Waals surface area contributed by atoms with Crippen LogP contribution < -0.4 is 19.5 Å². The summed E-state index contributed by atoms with van der Waals surface area (Å²) in [6.45, 7) is 7.71. The summed E-state index contributed by atoms with van der Waals surface area (Å²) in [4.78, 5) is 37.8. The van der Waals surface area contributed by atoms with Crippen molar-refractivity contribution in [3.8, 4) is 28.6 Å². The number of methoxy groups -OCH3 is 2. The van der Waals surface area contributed by atoms with E-state index in [1.54, 1.807) is 37.4 Å². The molecule has 43 heavy (non-hydrogen) atoms. The predicted molar refractivity (Wildman–Crippen MR) is 169 cm³/mol. The number of ketones is 1. The van der Waals surface area contributed by atoms with E-state index in [1.807, 2.05) is 56.5 Å². The molecule has 3 heterocycles. The van der Waals surface area contributed by atoms with Gasteiger partial charge in [0.2, 0.25) is 11.8 Å². The number of rotatable bonds is 9. The Morgan fingerprint density at radius 2 is 1.91 bits per heavy atom. The molecule has 0 radical (unpaired) electrons. The summed E-state index contributed by atoms with van der Waals surface area (Å²) in [5.74, 6) is 1.42. The van der Waals surface area contributed by atoms with Crippen LogP contribution in [0.5, 0.6) is 17.4 Å². The minimum Gasteiger partial charge on any atom is -0.497 e. The number of Topliss-reactive ketones (excluding diaryl/α,β-unsaturated/α-hetero) is 1. The zero-order valence-corrected chi connectivity index (χ0v) is 26.6. The molecule has 1 fully saturated rings. The molecule has 0 saturated carbocycles. The van der Waals surface area contributed by atoms with E-state index in [9.17, 15) is 9.59 Å².